The molecule has 5 heteroatoms. The first-order chi connectivity index (χ1) is 7.04. The van der Waals surface area contributed by atoms with Crippen LogP contribution in [0.5, 0.6) is 5.75 Å². The van der Waals surface area contributed by atoms with Gasteiger partial charge in [0.25, 0.3) is 0 Å². The maximum atomic E-state index is 11.4. The maximum Gasteiger partial charge on any atom is 0.241 e. The van der Waals surface area contributed by atoms with E-state index in [0.717, 1.165) is 9.26 Å². The molecule has 0 saturated carbocycles. The lowest BCUT2D eigenvalue weighted by Crippen LogP contribution is -2.32. The number of benzene rings is 1. The number of halogens is 1. The summed E-state index contributed by atoms with van der Waals surface area (Å²) in [6.07, 6.45) is 0. The minimum Gasteiger partial charge on any atom is -0.497 e. The summed E-state index contributed by atoms with van der Waals surface area (Å²) in [7, 11) is 1.58. The Morgan fingerprint density at radius 3 is 2.80 bits per heavy atom. The van der Waals surface area contributed by atoms with Crippen LogP contribution in [0.15, 0.2) is 18.2 Å². The first kappa shape index (κ1) is 12.3. The van der Waals surface area contributed by atoms with Crippen molar-refractivity contribution in [1.29, 1.82) is 0 Å². The third-order valence-electron chi connectivity index (χ3n) is 1.84. The molecular weight excluding hydrogens is 307 g/mol. The number of anilines is 1. The molecule has 0 aromatic heterocycles. The molecule has 0 spiro atoms. The average molecular weight is 320 g/mol. The molecule has 0 heterocycles. The SMILES string of the molecule is COc1ccc(I)c(NC(=O)[C@H](C)N)c1. The molecular formula is C10H13IN2O2. The Morgan fingerprint density at radius 2 is 2.27 bits per heavy atom. The van der Waals surface area contributed by atoms with Crippen molar-refractivity contribution in [2.24, 2.45) is 5.73 Å². The number of carbonyl (C=O) groups is 1. The third-order valence-corrected chi connectivity index (χ3v) is 2.79. The van der Waals surface area contributed by atoms with Crippen LogP contribution in [0.2, 0.25) is 0 Å². The molecule has 0 aliphatic carbocycles. The van der Waals surface area contributed by atoms with Crippen molar-refractivity contribution in [3.8, 4) is 5.75 Å². The molecule has 0 unspecified atom stereocenters. The topological polar surface area (TPSA) is 64.3 Å². The Morgan fingerprint density at radius 1 is 1.60 bits per heavy atom. The number of methoxy groups -OCH3 is 1. The lowest BCUT2D eigenvalue weighted by atomic mass is 10.2. The van der Waals surface area contributed by atoms with E-state index < -0.39 is 6.04 Å². The van der Waals surface area contributed by atoms with Gasteiger partial charge in [-0.25, -0.2) is 0 Å². The number of amides is 1. The van der Waals surface area contributed by atoms with Gasteiger partial charge in [0, 0.05) is 9.64 Å². The standard InChI is InChI=1S/C10H13IN2O2/c1-6(12)10(14)13-9-5-7(15-2)3-4-8(9)11/h3-6H,12H2,1-2H3,(H,13,14)/t6-/m0/s1. The Balaban J connectivity index is 2.88. The van der Waals surface area contributed by atoms with Crippen LogP contribution in [0, 0.1) is 3.57 Å². The van der Waals surface area contributed by atoms with E-state index >= 15 is 0 Å². The van der Waals surface area contributed by atoms with Gasteiger partial charge in [0.05, 0.1) is 18.8 Å². The molecule has 1 amide bonds. The Kier molecular flexibility index (Phi) is 4.34. The highest BCUT2D eigenvalue weighted by molar-refractivity contribution is 14.1. The zero-order chi connectivity index (χ0) is 11.4. The number of hydrogen-bond acceptors (Lipinski definition) is 3. The number of carbonyl (C=O) groups excluding carboxylic acids is 1. The highest BCUT2D eigenvalue weighted by Crippen LogP contribution is 2.23. The lowest BCUT2D eigenvalue weighted by molar-refractivity contribution is -0.117. The lowest BCUT2D eigenvalue weighted by Gasteiger charge is -2.10. The first-order valence-corrected chi connectivity index (χ1v) is 5.52. The number of nitrogens with one attached hydrogen (secondary N) is 1. The Labute approximate surface area is 102 Å². The third kappa shape index (κ3) is 3.35. The number of nitrogens with two attached hydrogens (primary N) is 1. The van der Waals surface area contributed by atoms with E-state index in [1.165, 1.54) is 0 Å². The summed E-state index contributed by atoms with van der Waals surface area (Å²) in [4.78, 5) is 11.4. The fourth-order valence-electron chi connectivity index (χ4n) is 0.974. The fraction of sp³-hybridized carbons (Fsp3) is 0.300. The second-order valence-corrected chi connectivity index (χ2v) is 4.29. The van der Waals surface area contributed by atoms with Crippen LogP contribution in [0.25, 0.3) is 0 Å². The molecule has 1 aromatic carbocycles. The van der Waals surface area contributed by atoms with Gasteiger partial charge in [0.15, 0.2) is 0 Å². The van der Waals surface area contributed by atoms with Crippen molar-refractivity contribution >= 4 is 34.2 Å². The predicted octanol–water partition coefficient (Wildman–Crippen LogP) is 1.59. The number of rotatable bonds is 3. The van der Waals surface area contributed by atoms with E-state index in [2.05, 4.69) is 27.9 Å². The van der Waals surface area contributed by atoms with Gasteiger partial charge in [0.2, 0.25) is 5.91 Å². The molecule has 3 N–H and O–H groups in total. The smallest absolute Gasteiger partial charge is 0.241 e. The summed E-state index contributed by atoms with van der Waals surface area (Å²) in [6, 6.07) is 4.95. The van der Waals surface area contributed by atoms with Crippen molar-refractivity contribution in [2.75, 3.05) is 12.4 Å². The number of ether oxygens (including phenoxy) is 1. The van der Waals surface area contributed by atoms with Gasteiger partial charge < -0.3 is 15.8 Å². The quantitative estimate of drug-likeness (QED) is 0.831. The maximum absolute atomic E-state index is 11.4. The summed E-state index contributed by atoms with van der Waals surface area (Å²) in [5, 5.41) is 2.73. The molecule has 82 valence electrons. The van der Waals surface area contributed by atoms with E-state index in [-0.39, 0.29) is 5.91 Å². The summed E-state index contributed by atoms with van der Waals surface area (Å²) >= 11 is 2.14. The molecule has 0 aliphatic heterocycles. The van der Waals surface area contributed by atoms with E-state index in [9.17, 15) is 4.79 Å². The van der Waals surface area contributed by atoms with Crippen LogP contribution in [0.1, 0.15) is 6.92 Å². The normalized spacial score (nSPS) is 12.0. The first-order valence-electron chi connectivity index (χ1n) is 4.44. The van der Waals surface area contributed by atoms with Crippen LogP contribution in [0.3, 0.4) is 0 Å². The van der Waals surface area contributed by atoms with Crippen molar-refractivity contribution in [1.82, 2.24) is 0 Å². The zero-order valence-corrected chi connectivity index (χ0v) is 10.7. The summed E-state index contributed by atoms with van der Waals surface area (Å²) in [5.41, 5.74) is 6.18. The van der Waals surface area contributed by atoms with E-state index in [1.807, 2.05) is 12.1 Å². The fourth-order valence-corrected chi connectivity index (χ4v) is 1.44. The molecule has 1 aromatic rings. The molecule has 0 bridgehead atoms. The molecule has 0 saturated heterocycles. The van der Waals surface area contributed by atoms with Gasteiger partial charge in [0.1, 0.15) is 5.75 Å². The van der Waals surface area contributed by atoms with Crippen LogP contribution >= 0.6 is 22.6 Å². The molecule has 4 nitrogen and oxygen atoms in total. The van der Waals surface area contributed by atoms with Crippen LogP contribution in [-0.2, 0) is 4.79 Å². The van der Waals surface area contributed by atoms with Gasteiger partial charge in [-0.05, 0) is 41.6 Å². The summed E-state index contributed by atoms with van der Waals surface area (Å²) < 4.78 is 6.01. The van der Waals surface area contributed by atoms with Gasteiger partial charge in [-0.15, -0.1) is 0 Å². The van der Waals surface area contributed by atoms with Crippen LogP contribution < -0.4 is 15.8 Å². The molecule has 1 rings (SSSR count). The van der Waals surface area contributed by atoms with Crippen LogP contribution in [-0.4, -0.2) is 19.1 Å². The van der Waals surface area contributed by atoms with Crippen molar-refractivity contribution in [3.63, 3.8) is 0 Å². The number of hydrogen-bond donors (Lipinski definition) is 2. The molecule has 0 aliphatic rings. The Bertz CT molecular complexity index is 366. The second-order valence-electron chi connectivity index (χ2n) is 3.12. The minimum atomic E-state index is -0.521. The van der Waals surface area contributed by atoms with Crippen molar-refractivity contribution < 1.29 is 9.53 Å². The molecule has 1 atom stereocenters. The zero-order valence-electron chi connectivity index (χ0n) is 8.58. The summed E-state index contributed by atoms with van der Waals surface area (Å²) in [5.74, 6) is 0.497. The van der Waals surface area contributed by atoms with E-state index in [1.54, 1.807) is 20.1 Å². The Hall–Kier alpha value is -0.820. The van der Waals surface area contributed by atoms with Gasteiger partial charge in [-0.3, -0.25) is 4.79 Å². The van der Waals surface area contributed by atoms with E-state index in [0.29, 0.717) is 5.75 Å². The van der Waals surface area contributed by atoms with E-state index in [4.69, 9.17) is 10.5 Å². The minimum absolute atomic E-state index is 0.207. The summed E-state index contributed by atoms with van der Waals surface area (Å²) in [6.45, 7) is 1.64. The van der Waals surface area contributed by atoms with Crippen molar-refractivity contribution in [2.45, 2.75) is 13.0 Å². The van der Waals surface area contributed by atoms with Gasteiger partial charge in [-0.2, -0.15) is 0 Å². The van der Waals surface area contributed by atoms with Crippen LogP contribution in [0.4, 0.5) is 5.69 Å². The molecule has 15 heavy (non-hydrogen) atoms. The van der Waals surface area contributed by atoms with Crippen molar-refractivity contribution in [3.05, 3.63) is 21.8 Å². The van der Waals surface area contributed by atoms with Gasteiger partial charge >= 0.3 is 0 Å². The highest BCUT2D eigenvalue weighted by Gasteiger charge is 2.10. The molecule has 0 fully saturated rings. The monoisotopic (exact) mass is 320 g/mol. The largest absolute Gasteiger partial charge is 0.497 e. The average Bonchev–Trinajstić information content (AvgIpc) is 2.21. The predicted molar refractivity (Wildman–Crippen MR) is 68.0 cm³/mol. The molecule has 0 radical (unpaired) electrons. The highest BCUT2D eigenvalue weighted by atomic mass is 127. The second kappa shape index (κ2) is 5.32. The van der Waals surface area contributed by atoms with Gasteiger partial charge in [-0.1, -0.05) is 0 Å².